The largest absolute Gasteiger partial charge is 0.478 e. The van der Waals surface area contributed by atoms with Crippen LogP contribution < -0.4 is 10.2 Å². The summed E-state index contributed by atoms with van der Waals surface area (Å²) in [5.74, 6) is -0.349. The molecule has 3 N–H and O–H groups in total. The van der Waals surface area contributed by atoms with E-state index in [2.05, 4.69) is 15.2 Å². The minimum atomic E-state index is -1.39. The third-order valence-corrected chi connectivity index (χ3v) is 6.71. The van der Waals surface area contributed by atoms with Crippen LogP contribution in [-0.2, 0) is 5.60 Å². The summed E-state index contributed by atoms with van der Waals surface area (Å²) in [6.45, 7) is 10.6. The monoisotopic (exact) mass is 409 g/mol. The molecule has 2 aliphatic rings. The molecule has 1 aromatic carbocycles. The van der Waals surface area contributed by atoms with E-state index in [0.29, 0.717) is 28.7 Å². The van der Waals surface area contributed by atoms with Crippen LogP contribution in [0.15, 0.2) is 36.7 Å². The number of carboxylic acid groups (broad SMARTS) is 1. The third-order valence-electron chi connectivity index (χ3n) is 6.71. The van der Waals surface area contributed by atoms with Crippen molar-refractivity contribution in [3.63, 3.8) is 0 Å². The molecule has 0 saturated carbocycles. The van der Waals surface area contributed by atoms with Gasteiger partial charge in [-0.15, -0.1) is 0 Å². The first-order valence-electron chi connectivity index (χ1n) is 10.6. The molecule has 30 heavy (non-hydrogen) atoms. The zero-order valence-corrected chi connectivity index (χ0v) is 18.1. The number of carbonyl (C=O) groups is 1. The Morgan fingerprint density at radius 3 is 2.60 bits per heavy atom. The number of nitrogens with one attached hydrogen (secondary N) is 1. The van der Waals surface area contributed by atoms with Gasteiger partial charge >= 0.3 is 5.97 Å². The Morgan fingerprint density at radius 2 is 1.93 bits per heavy atom. The molecule has 2 saturated heterocycles. The molecule has 3 heterocycles. The molecule has 0 aliphatic carbocycles. The van der Waals surface area contributed by atoms with Crippen molar-refractivity contribution in [1.29, 1.82) is 0 Å². The Morgan fingerprint density at radius 1 is 1.17 bits per heavy atom. The first-order valence-corrected chi connectivity index (χ1v) is 10.6. The van der Waals surface area contributed by atoms with Crippen molar-refractivity contribution in [3.8, 4) is 0 Å². The average molecular weight is 410 g/mol. The lowest BCUT2D eigenvalue weighted by molar-refractivity contribution is -0.0262. The predicted molar refractivity (Wildman–Crippen MR) is 117 cm³/mol. The van der Waals surface area contributed by atoms with Crippen molar-refractivity contribution in [2.24, 2.45) is 11.3 Å². The fourth-order valence-corrected chi connectivity index (χ4v) is 4.95. The summed E-state index contributed by atoms with van der Waals surface area (Å²) in [6.07, 6.45) is 4.78. The molecular formula is C24H31N3O3. The molecule has 0 spiro atoms. The Hall–Kier alpha value is -2.44. The second kappa shape index (κ2) is 7.36. The molecule has 6 heteroatoms. The molecule has 3 atom stereocenters. The summed E-state index contributed by atoms with van der Waals surface area (Å²) in [5.41, 5.74) is 1.15. The van der Waals surface area contributed by atoms with Crippen LogP contribution in [0.1, 0.15) is 54.2 Å². The Bertz CT molecular complexity index is 956. The summed E-state index contributed by atoms with van der Waals surface area (Å²) in [7, 11) is 0. The molecule has 160 valence electrons. The van der Waals surface area contributed by atoms with Crippen LogP contribution in [0.2, 0.25) is 0 Å². The van der Waals surface area contributed by atoms with Crippen LogP contribution in [0.3, 0.4) is 0 Å². The van der Waals surface area contributed by atoms with Crippen LogP contribution in [0.25, 0.3) is 0 Å². The number of nitrogens with zero attached hydrogens (tertiary/aromatic N) is 2. The maximum absolute atomic E-state index is 12.1. The van der Waals surface area contributed by atoms with E-state index >= 15 is 0 Å². The molecule has 1 aromatic heterocycles. The Labute approximate surface area is 178 Å². The van der Waals surface area contributed by atoms with Gasteiger partial charge in [0.1, 0.15) is 5.60 Å². The first kappa shape index (κ1) is 20.8. The number of fused-ring (bicyclic) bond motifs is 2. The summed E-state index contributed by atoms with van der Waals surface area (Å²) < 4.78 is 0. The van der Waals surface area contributed by atoms with Gasteiger partial charge in [0.05, 0.1) is 17.4 Å². The van der Waals surface area contributed by atoms with E-state index in [1.807, 2.05) is 39.1 Å². The highest BCUT2D eigenvalue weighted by Crippen LogP contribution is 2.45. The van der Waals surface area contributed by atoms with Crippen molar-refractivity contribution in [1.82, 2.24) is 10.3 Å². The minimum Gasteiger partial charge on any atom is -0.478 e. The molecule has 3 unspecified atom stereocenters. The van der Waals surface area contributed by atoms with Gasteiger partial charge in [0.15, 0.2) is 0 Å². The maximum atomic E-state index is 12.1. The number of aromatic carboxylic acids is 1. The molecular weight excluding hydrogens is 378 g/mol. The van der Waals surface area contributed by atoms with Crippen LogP contribution >= 0.6 is 0 Å². The number of carboxylic acids is 1. The fourth-order valence-electron chi connectivity index (χ4n) is 4.95. The fraction of sp³-hybridized carbons (Fsp3) is 0.500. The van der Waals surface area contributed by atoms with Gasteiger partial charge in [-0.3, -0.25) is 4.98 Å². The molecule has 6 nitrogen and oxygen atoms in total. The molecule has 2 bridgehead atoms. The highest BCUT2D eigenvalue weighted by molar-refractivity contribution is 5.89. The van der Waals surface area contributed by atoms with E-state index in [0.717, 1.165) is 25.3 Å². The van der Waals surface area contributed by atoms with Gasteiger partial charge in [-0.25, -0.2) is 4.79 Å². The number of piperidine rings is 1. The second-order valence-corrected chi connectivity index (χ2v) is 9.84. The SMILES string of the molecule is Cc1ccc(C(O)(c2cncc(N3CC4CNC(C4)C3)c2)C(C)(C)C)cc1C(=O)O. The number of rotatable bonds is 4. The van der Waals surface area contributed by atoms with Crippen molar-refractivity contribution in [2.45, 2.75) is 45.8 Å². The van der Waals surface area contributed by atoms with Gasteiger partial charge in [-0.05, 0) is 47.9 Å². The number of hydrogen-bond acceptors (Lipinski definition) is 5. The molecule has 2 aromatic rings. The van der Waals surface area contributed by atoms with E-state index in [1.165, 1.54) is 6.42 Å². The number of anilines is 1. The van der Waals surface area contributed by atoms with Crippen LogP contribution in [0, 0.1) is 18.3 Å². The highest BCUT2D eigenvalue weighted by atomic mass is 16.4. The molecule has 0 amide bonds. The minimum absolute atomic E-state index is 0.206. The number of benzene rings is 1. The van der Waals surface area contributed by atoms with Gasteiger partial charge in [0, 0.05) is 37.4 Å². The summed E-state index contributed by atoms with van der Waals surface area (Å²) >= 11 is 0. The number of pyridine rings is 1. The zero-order valence-electron chi connectivity index (χ0n) is 18.1. The lowest BCUT2D eigenvalue weighted by atomic mass is 9.68. The molecule has 4 rings (SSSR count). The molecule has 2 aliphatic heterocycles. The van der Waals surface area contributed by atoms with E-state index in [1.54, 1.807) is 25.3 Å². The molecule has 0 radical (unpaired) electrons. The van der Waals surface area contributed by atoms with Gasteiger partial charge in [-0.2, -0.15) is 0 Å². The van der Waals surface area contributed by atoms with Gasteiger partial charge in [0.25, 0.3) is 0 Å². The smallest absolute Gasteiger partial charge is 0.335 e. The second-order valence-electron chi connectivity index (χ2n) is 9.84. The van der Waals surface area contributed by atoms with E-state index in [4.69, 9.17) is 0 Å². The summed E-state index contributed by atoms with van der Waals surface area (Å²) in [5, 5.41) is 25.2. The number of aliphatic hydroxyl groups is 1. The normalized spacial score (nSPS) is 23.3. The van der Waals surface area contributed by atoms with Crippen molar-refractivity contribution >= 4 is 11.7 Å². The van der Waals surface area contributed by atoms with Gasteiger partial charge in [0.2, 0.25) is 0 Å². The van der Waals surface area contributed by atoms with Gasteiger partial charge in [-0.1, -0.05) is 32.9 Å². The Kier molecular flexibility index (Phi) is 5.11. The lowest BCUT2D eigenvalue weighted by Gasteiger charge is -2.42. The third kappa shape index (κ3) is 3.48. The quantitative estimate of drug-likeness (QED) is 0.719. The lowest BCUT2D eigenvalue weighted by Crippen LogP contribution is -2.43. The Balaban J connectivity index is 1.78. The van der Waals surface area contributed by atoms with E-state index < -0.39 is 17.0 Å². The van der Waals surface area contributed by atoms with Crippen LogP contribution in [0.5, 0.6) is 0 Å². The van der Waals surface area contributed by atoms with E-state index in [-0.39, 0.29) is 5.56 Å². The van der Waals surface area contributed by atoms with Crippen molar-refractivity contribution < 1.29 is 15.0 Å². The summed E-state index contributed by atoms with van der Waals surface area (Å²) in [4.78, 5) is 18.5. The van der Waals surface area contributed by atoms with Gasteiger partial charge < -0.3 is 20.4 Å². The van der Waals surface area contributed by atoms with Crippen LogP contribution in [0.4, 0.5) is 5.69 Å². The number of aromatic nitrogens is 1. The average Bonchev–Trinajstić information content (AvgIpc) is 3.04. The zero-order chi connectivity index (χ0) is 21.7. The maximum Gasteiger partial charge on any atom is 0.335 e. The highest BCUT2D eigenvalue weighted by Gasteiger charge is 2.44. The standard InChI is InChI=1S/C24H31N3O3/c1-15-5-6-17(9-21(15)22(28)29)24(30,23(2,3)4)18-8-20(12-25-11-18)27-13-16-7-19(14-27)26-10-16/h5-6,8-9,11-12,16,19,26,30H,7,10,13-14H2,1-4H3,(H,28,29). The van der Waals surface area contributed by atoms with Crippen molar-refractivity contribution in [2.75, 3.05) is 24.5 Å². The van der Waals surface area contributed by atoms with Crippen molar-refractivity contribution in [3.05, 3.63) is 58.9 Å². The van der Waals surface area contributed by atoms with Crippen LogP contribution in [-0.4, -0.2) is 46.8 Å². The molecule has 2 fully saturated rings. The topological polar surface area (TPSA) is 85.7 Å². The predicted octanol–water partition coefficient (Wildman–Crippen LogP) is 3.17. The number of hydrogen-bond donors (Lipinski definition) is 3. The first-order chi connectivity index (χ1) is 14.1. The summed E-state index contributed by atoms with van der Waals surface area (Å²) in [6, 6.07) is 7.71. The number of aryl methyl sites for hydroxylation is 1. The van der Waals surface area contributed by atoms with E-state index in [9.17, 15) is 15.0 Å².